The minimum atomic E-state index is -0.0376. The first kappa shape index (κ1) is 20.5. The smallest absolute Gasteiger partial charge is 0.319 e. The molecule has 2 aliphatic rings. The van der Waals surface area contributed by atoms with Gasteiger partial charge in [0.1, 0.15) is 5.82 Å². The Morgan fingerprint density at radius 3 is 2.47 bits per heavy atom. The maximum atomic E-state index is 12.7. The summed E-state index contributed by atoms with van der Waals surface area (Å²) in [6.45, 7) is 5.18. The van der Waals surface area contributed by atoms with Crippen LogP contribution in [0.5, 0.6) is 0 Å². The Morgan fingerprint density at radius 2 is 1.77 bits per heavy atom. The Hall–Kier alpha value is -2.74. The lowest BCUT2D eigenvalue weighted by Crippen LogP contribution is -2.51. The quantitative estimate of drug-likeness (QED) is 0.831. The summed E-state index contributed by atoms with van der Waals surface area (Å²) in [5, 5.41) is 3.08. The Kier molecular flexibility index (Phi) is 6.13. The van der Waals surface area contributed by atoms with E-state index in [2.05, 4.69) is 26.8 Å². The fraction of sp³-hybridized carbons (Fsp3) is 0.545. The minimum Gasteiger partial charge on any atom is -0.381 e. The number of rotatable bonds is 4. The molecule has 162 valence electrons. The van der Waals surface area contributed by atoms with Gasteiger partial charge >= 0.3 is 6.03 Å². The highest BCUT2D eigenvalue weighted by atomic mass is 16.5. The van der Waals surface area contributed by atoms with Crippen LogP contribution in [0.15, 0.2) is 30.5 Å². The zero-order chi connectivity index (χ0) is 21.1. The first-order valence-corrected chi connectivity index (χ1v) is 10.7. The van der Waals surface area contributed by atoms with E-state index in [9.17, 15) is 9.59 Å². The van der Waals surface area contributed by atoms with Crippen LogP contribution in [0.1, 0.15) is 23.2 Å². The molecule has 8 heteroatoms. The number of nitrogens with zero attached hydrogens (tertiary/aromatic N) is 4. The summed E-state index contributed by atoms with van der Waals surface area (Å²) in [6, 6.07) is 8.07. The van der Waals surface area contributed by atoms with E-state index in [1.165, 1.54) is 0 Å². The van der Waals surface area contributed by atoms with Gasteiger partial charge in [-0.2, -0.15) is 0 Å². The zero-order valence-corrected chi connectivity index (χ0v) is 17.8. The molecule has 30 heavy (non-hydrogen) atoms. The number of anilines is 1. The molecule has 2 aromatic rings. The van der Waals surface area contributed by atoms with Crippen molar-refractivity contribution >= 4 is 23.3 Å². The molecule has 2 aliphatic heterocycles. The average molecular weight is 414 g/mol. The molecule has 4 rings (SSSR count). The topological polar surface area (TPSA) is 69.5 Å². The van der Waals surface area contributed by atoms with Crippen LogP contribution in [-0.4, -0.2) is 86.2 Å². The number of fused-ring (bicyclic) bond motifs is 1. The van der Waals surface area contributed by atoms with Gasteiger partial charge in [0.25, 0.3) is 5.91 Å². The second-order valence-electron chi connectivity index (χ2n) is 8.32. The predicted octanol–water partition coefficient (Wildman–Crippen LogP) is 1.90. The van der Waals surface area contributed by atoms with E-state index in [1.807, 2.05) is 23.2 Å². The highest BCUT2D eigenvalue weighted by molar-refractivity contribution is 5.94. The van der Waals surface area contributed by atoms with Crippen LogP contribution in [0, 0.1) is 5.92 Å². The van der Waals surface area contributed by atoms with Crippen molar-refractivity contribution in [2.24, 2.45) is 5.92 Å². The number of ether oxygens (including phenoxy) is 1. The number of aromatic nitrogens is 1. The van der Waals surface area contributed by atoms with Crippen LogP contribution < -0.4 is 10.2 Å². The van der Waals surface area contributed by atoms with Crippen molar-refractivity contribution in [3.63, 3.8) is 0 Å². The summed E-state index contributed by atoms with van der Waals surface area (Å²) in [6.07, 6.45) is 3.92. The van der Waals surface area contributed by atoms with Crippen LogP contribution in [0.25, 0.3) is 5.52 Å². The van der Waals surface area contributed by atoms with E-state index in [0.29, 0.717) is 31.1 Å². The molecule has 2 saturated heterocycles. The van der Waals surface area contributed by atoms with E-state index < -0.39 is 0 Å². The monoisotopic (exact) mass is 413 g/mol. The molecular weight excluding hydrogens is 382 g/mol. The highest BCUT2D eigenvalue weighted by Gasteiger charge is 2.24. The van der Waals surface area contributed by atoms with Gasteiger partial charge in [-0.25, -0.2) is 4.79 Å². The molecule has 0 aliphatic carbocycles. The number of piperazine rings is 1. The molecule has 0 spiro atoms. The van der Waals surface area contributed by atoms with E-state index in [0.717, 1.165) is 50.5 Å². The van der Waals surface area contributed by atoms with E-state index in [1.54, 1.807) is 19.0 Å². The maximum absolute atomic E-state index is 12.7. The van der Waals surface area contributed by atoms with Gasteiger partial charge in [-0.3, -0.25) is 4.79 Å². The number of carbonyl (C=O) groups is 2. The number of urea groups is 1. The van der Waals surface area contributed by atoms with Crippen molar-refractivity contribution in [1.82, 2.24) is 19.5 Å². The fourth-order valence-electron chi connectivity index (χ4n) is 4.18. The van der Waals surface area contributed by atoms with Crippen molar-refractivity contribution < 1.29 is 14.3 Å². The largest absolute Gasteiger partial charge is 0.381 e. The fourth-order valence-corrected chi connectivity index (χ4v) is 4.18. The molecule has 0 atom stereocenters. The lowest BCUT2D eigenvalue weighted by Gasteiger charge is -2.36. The Bertz CT molecular complexity index is 895. The number of hydrogen-bond donors (Lipinski definition) is 1. The lowest BCUT2D eigenvalue weighted by molar-refractivity contribution is 0.0642. The third-order valence-electron chi connectivity index (χ3n) is 6.04. The van der Waals surface area contributed by atoms with Crippen LogP contribution in [-0.2, 0) is 4.74 Å². The van der Waals surface area contributed by atoms with Gasteiger partial charge in [0.15, 0.2) is 0 Å². The molecule has 1 N–H and O–H groups in total. The third-order valence-corrected chi connectivity index (χ3v) is 6.04. The summed E-state index contributed by atoms with van der Waals surface area (Å²) in [5.41, 5.74) is 1.71. The van der Waals surface area contributed by atoms with Crippen LogP contribution in [0.3, 0.4) is 0 Å². The van der Waals surface area contributed by atoms with Crippen molar-refractivity contribution in [2.45, 2.75) is 12.8 Å². The number of pyridine rings is 1. The van der Waals surface area contributed by atoms with Gasteiger partial charge in [0, 0.05) is 71.7 Å². The maximum Gasteiger partial charge on any atom is 0.319 e. The molecular formula is C22H31N5O3. The van der Waals surface area contributed by atoms with Gasteiger partial charge in [-0.15, -0.1) is 0 Å². The second kappa shape index (κ2) is 8.95. The van der Waals surface area contributed by atoms with Gasteiger partial charge in [0.2, 0.25) is 0 Å². The van der Waals surface area contributed by atoms with Crippen LogP contribution >= 0.6 is 0 Å². The number of hydrogen-bond acceptors (Lipinski definition) is 4. The molecule has 4 heterocycles. The molecule has 0 radical (unpaired) electrons. The number of nitrogens with one attached hydrogen (secondary N) is 1. The Labute approximate surface area is 177 Å². The summed E-state index contributed by atoms with van der Waals surface area (Å²) < 4.78 is 7.46. The van der Waals surface area contributed by atoms with Crippen molar-refractivity contribution in [2.75, 3.05) is 64.9 Å². The second-order valence-corrected chi connectivity index (χ2v) is 8.32. The normalized spacial score (nSPS) is 17.9. The molecule has 0 saturated carbocycles. The molecule has 0 unspecified atom stereocenters. The lowest BCUT2D eigenvalue weighted by atomic mass is 10.0. The van der Waals surface area contributed by atoms with Gasteiger partial charge in [-0.1, -0.05) is 0 Å². The van der Waals surface area contributed by atoms with Crippen molar-refractivity contribution in [3.05, 3.63) is 36.0 Å². The number of carbonyl (C=O) groups excluding carboxylic acids is 2. The number of amides is 3. The molecule has 3 amide bonds. The third kappa shape index (κ3) is 4.38. The molecule has 8 nitrogen and oxygen atoms in total. The first-order chi connectivity index (χ1) is 14.5. The zero-order valence-electron chi connectivity index (χ0n) is 17.8. The predicted molar refractivity (Wildman–Crippen MR) is 116 cm³/mol. The highest BCUT2D eigenvalue weighted by Crippen LogP contribution is 2.22. The molecule has 2 fully saturated rings. The summed E-state index contributed by atoms with van der Waals surface area (Å²) in [4.78, 5) is 30.6. The van der Waals surface area contributed by atoms with E-state index in [4.69, 9.17) is 4.74 Å². The summed E-state index contributed by atoms with van der Waals surface area (Å²) >= 11 is 0. The van der Waals surface area contributed by atoms with Crippen LogP contribution in [0.2, 0.25) is 0 Å². The standard InChI is InChI=1S/C22H31N5O3/c1-24(2)22(29)26-11-9-25(10-12-26)20-6-5-19-4-3-18(16-27(19)20)21(28)23-15-17-7-13-30-14-8-17/h3-6,16-17H,7-15H2,1-2H3,(H,23,28). The van der Waals surface area contributed by atoms with E-state index in [-0.39, 0.29) is 11.9 Å². The van der Waals surface area contributed by atoms with Gasteiger partial charge < -0.3 is 29.2 Å². The summed E-state index contributed by atoms with van der Waals surface area (Å²) in [5.74, 6) is 1.51. The molecule has 0 aromatic carbocycles. The Morgan fingerprint density at radius 1 is 1.07 bits per heavy atom. The average Bonchev–Trinajstić information content (AvgIpc) is 3.21. The minimum absolute atomic E-state index is 0.0376. The first-order valence-electron chi connectivity index (χ1n) is 10.7. The van der Waals surface area contributed by atoms with Gasteiger partial charge in [0.05, 0.1) is 5.56 Å². The molecule has 0 bridgehead atoms. The van der Waals surface area contributed by atoms with Crippen LogP contribution in [0.4, 0.5) is 10.6 Å². The van der Waals surface area contributed by atoms with Crippen molar-refractivity contribution in [1.29, 1.82) is 0 Å². The Balaban J connectivity index is 1.43. The summed E-state index contributed by atoms with van der Waals surface area (Å²) in [7, 11) is 3.56. The SMILES string of the molecule is CN(C)C(=O)N1CCN(c2ccc3ccc(C(=O)NCC4CCOCC4)cn23)CC1. The van der Waals surface area contributed by atoms with Gasteiger partial charge in [-0.05, 0) is 43.0 Å². The molecule has 2 aromatic heterocycles. The van der Waals surface area contributed by atoms with Crippen molar-refractivity contribution in [3.8, 4) is 0 Å². The van der Waals surface area contributed by atoms with E-state index >= 15 is 0 Å².